The number of carbonyl (C=O) groups is 1. The van der Waals surface area contributed by atoms with E-state index in [0.717, 1.165) is 6.26 Å². The minimum Gasteiger partial charge on any atom is -0.388 e. The normalized spacial score (nSPS) is 17.1. The molecule has 0 unspecified atom stereocenters. The average Bonchev–Trinajstić information content (AvgIpc) is 3.30. The Bertz CT molecular complexity index is 635. The number of benzene rings is 1. The zero-order chi connectivity index (χ0) is 17.4. The van der Waals surface area contributed by atoms with E-state index in [1.54, 1.807) is 25.7 Å². The fraction of sp³-hybridized carbons (Fsp3) is 0. The molecule has 1 aromatic rings. The van der Waals surface area contributed by atoms with Gasteiger partial charge in [0.2, 0.25) is 0 Å². The fourth-order valence-electron chi connectivity index (χ4n) is 1.93. The van der Waals surface area contributed by atoms with Gasteiger partial charge in [-0.05, 0) is 82.1 Å². The van der Waals surface area contributed by atoms with Gasteiger partial charge in [-0.1, -0.05) is 6.58 Å². The van der Waals surface area contributed by atoms with E-state index >= 15 is 0 Å². The van der Waals surface area contributed by atoms with Crippen molar-refractivity contribution in [2.24, 2.45) is 0 Å². The Kier molecular flexibility index (Phi) is 9.47. The summed E-state index contributed by atoms with van der Waals surface area (Å²) in [6, 6.07) is 5.56. The zero-order valence-corrected chi connectivity index (χ0v) is 15.1. The van der Waals surface area contributed by atoms with E-state index in [-0.39, 0.29) is 27.7 Å². The standard InChI is InChI=1S/C14H11O4S.C5H5.Fe/c1-2-18-19(16,17)13-9-7-12(8-10-13)14(15)11-5-3-4-6-11;1-2-4-5-3-1;/h2-10H,1H2;1-5H;/q;;+2. The maximum Gasteiger partial charge on any atom is 2.00 e. The van der Waals surface area contributed by atoms with Crippen molar-refractivity contribution in [3.05, 3.63) is 106 Å². The first-order valence-electron chi connectivity index (χ1n) is 7.12. The van der Waals surface area contributed by atoms with Crippen LogP contribution in [0.5, 0.6) is 0 Å². The number of hydrogen-bond acceptors (Lipinski definition) is 4. The van der Waals surface area contributed by atoms with Gasteiger partial charge in [0.1, 0.15) is 4.90 Å². The summed E-state index contributed by atoms with van der Waals surface area (Å²) >= 11 is 0. The van der Waals surface area contributed by atoms with Crippen molar-refractivity contribution in [2.45, 2.75) is 4.90 Å². The van der Waals surface area contributed by atoms with E-state index < -0.39 is 10.1 Å². The van der Waals surface area contributed by atoms with Gasteiger partial charge in [-0.25, -0.2) is 0 Å². The SMILES string of the molecule is C=COS(=O)(=O)c1ccc(C(=O)[C]2[CH][CH][CH][CH]2)cc1.[CH]1[CH][CH][CH][CH]1.[Fe+2]. The van der Waals surface area contributed by atoms with E-state index in [2.05, 4.69) is 10.8 Å². The smallest absolute Gasteiger partial charge is 0.388 e. The van der Waals surface area contributed by atoms with Gasteiger partial charge in [0.25, 0.3) is 0 Å². The van der Waals surface area contributed by atoms with Crippen molar-refractivity contribution >= 4 is 15.9 Å². The molecule has 2 aliphatic rings. The molecule has 0 aliphatic heterocycles. The molecule has 0 spiro atoms. The molecule has 4 nitrogen and oxygen atoms in total. The van der Waals surface area contributed by atoms with Crippen LogP contribution < -0.4 is 0 Å². The number of carbonyl (C=O) groups excluding carboxylic acids is 1. The van der Waals surface area contributed by atoms with Crippen LogP contribution in [0.25, 0.3) is 0 Å². The van der Waals surface area contributed by atoms with Gasteiger partial charge in [0.05, 0.1) is 12.2 Å². The molecule has 6 heteroatoms. The Labute approximate surface area is 161 Å². The summed E-state index contributed by atoms with van der Waals surface area (Å²) in [5, 5.41) is 0. The molecule has 3 rings (SSSR count). The summed E-state index contributed by atoms with van der Waals surface area (Å²) < 4.78 is 27.6. The van der Waals surface area contributed by atoms with Gasteiger partial charge in [-0.2, -0.15) is 8.42 Å². The monoisotopic (exact) mass is 396 g/mol. The van der Waals surface area contributed by atoms with Crippen molar-refractivity contribution in [1.82, 2.24) is 0 Å². The molecule has 0 aromatic heterocycles. The molecular formula is C19H16FeO4S+2. The second-order valence-electron chi connectivity index (χ2n) is 4.71. The van der Waals surface area contributed by atoms with Crippen molar-refractivity contribution < 1.29 is 34.5 Å². The molecule has 25 heavy (non-hydrogen) atoms. The molecule has 2 aliphatic carbocycles. The minimum atomic E-state index is -3.84. The Morgan fingerprint density at radius 2 is 1.36 bits per heavy atom. The predicted octanol–water partition coefficient (Wildman–Crippen LogP) is 3.14. The zero-order valence-electron chi connectivity index (χ0n) is 13.2. The van der Waals surface area contributed by atoms with Crippen molar-refractivity contribution in [1.29, 1.82) is 0 Å². The average molecular weight is 396 g/mol. The van der Waals surface area contributed by atoms with Crippen LogP contribution in [-0.2, 0) is 31.4 Å². The summed E-state index contributed by atoms with van der Waals surface area (Å²) in [4.78, 5) is 12.0. The molecule has 0 bridgehead atoms. The molecule has 0 N–H and O–H groups in total. The molecule has 2 saturated carbocycles. The largest absolute Gasteiger partial charge is 2.00 e. The molecule has 0 amide bonds. The molecule has 0 heterocycles. The van der Waals surface area contributed by atoms with Crippen LogP contribution in [0.1, 0.15) is 10.4 Å². The van der Waals surface area contributed by atoms with E-state index in [9.17, 15) is 13.2 Å². The summed E-state index contributed by atoms with van der Waals surface area (Å²) in [6.45, 7) is 3.20. The van der Waals surface area contributed by atoms with Gasteiger partial charge in [0, 0.05) is 5.56 Å². The topological polar surface area (TPSA) is 60.4 Å². The van der Waals surface area contributed by atoms with Crippen LogP contribution in [0, 0.1) is 63.7 Å². The molecule has 0 saturated heterocycles. The maximum absolute atomic E-state index is 12.0. The van der Waals surface area contributed by atoms with Crippen molar-refractivity contribution in [3.8, 4) is 0 Å². The van der Waals surface area contributed by atoms with Gasteiger partial charge < -0.3 is 4.18 Å². The van der Waals surface area contributed by atoms with Crippen LogP contribution in [-0.4, -0.2) is 14.2 Å². The van der Waals surface area contributed by atoms with Crippen molar-refractivity contribution in [3.63, 3.8) is 0 Å². The van der Waals surface area contributed by atoms with E-state index in [4.69, 9.17) is 0 Å². The van der Waals surface area contributed by atoms with Crippen LogP contribution >= 0.6 is 0 Å². The molecule has 0 atom stereocenters. The summed E-state index contributed by atoms with van der Waals surface area (Å²) in [5.74, 6) is 0.413. The van der Waals surface area contributed by atoms with Gasteiger partial charge in [-0.3, -0.25) is 4.79 Å². The molecule has 128 valence electrons. The third kappa shape index (κ3) is 6.61. The Hall–Kier alpha value is -1.10. The minimum absolute atomic E-state index is 0. The molecule has 2 fully saturated rings. The fourth-order valence-corrected chi connectivity index (χ4v) is 2.69. The van der Waals surface area contributed by atoms with Crippen LogP contribution in [0.3, 0.4) is 0 Å². The van der Waals surface area contributed by atoms with E-state index in [1.165, 1.54) is 24.3 Å². The molecule has 1 aromatic carbocycles. The Morgan fingerprint density at radius 1 is 0.880 bits per heavy atom. The summed E-state index contributed by atoms with van der Waals surface area (Å²) in [7, 11) is -3.84. The third-order valence-electron chi connectivity index (χ3n) is 3.08. The van der Waals surface area contributed by atoms with Gasteiger partial charge in [0.15, 0.2) is 5.78 Å². The Morgan fingerprint density at radius 3 is 1.80 bits per heavy atom. The van der Waals surface area contributed by atoms with Crippen LogP contribution in [0.4, 0.5) is 0 Å². The van der Waals surface area contributed by atoms with Crippen molar-refractivity contribution in [2.75, 3.05) is 0 Å². The van der Waals surface area contributed by atoms with Gasteiger partial charge >= 0.3 is 27.2 Å². The van der Waals surface area contributed by atoms with E-state index in [1.807, 2.05) is 32.1 Å². The van der Waals surface area contributed by atoms with Crippen LogP contribution in [0.2, 0.25) is 0 Å². The second-order valence-corrected chi connectivity index (χ2v) is 6.28. The molecule has 10 radical (unpaired) electrons. The van der Waals surface area contributed by atoms with E-state index in [0.29, 0.717) is 11.5 Å². The van der Waals surface area contributed by atoms with Crippen LogP contribution in [0.15, 0.2) is 42.0 Å². The third-order valence-corrected chi connectivity index (χ3v) is 4.32. The maximum atomic E-state index is 12.0. The second kappa shape index (κ2) is 10.8. The Balaban J connectivity index is 0.000000448. The number of hydrogen-bond donors (Lipinski definition) is 0. The summed E-state index contributed by atoms with van der Waals surface area (Å²) in [6.07, 6.45) is 17.8. The van der Waals surface area contributed by atoms with Gasteiger partial charge in [-0.15, -0.1) is 0 Å². The first kappa shape index (κ1) is 21.9. The molecular weight excluding hydrogens is 380 g/mol. The first-order valence-corrected chi connectivity index (χ1v) is 8.53. The summed E-state index contributed by atoms with van der Waals surface area (Å²) in [5.41, 5.74) is 0.420. The first-order chi connectivity index (χ1) is 11.5. The predicted molar refractivity (Wildman–Crippen MR) is 91.2 cm³/mol. The number of rotatable bonds is 5. The number of Topliss-reactive ketones (excluding diaryl/α,β-unsaturated/α-hetero) is 1. The number of ketones is 1. The quantitative estimate of drug-likeness (QED) is 0.332.